The zero-order valence-corrected chi connectivity index (χ0v) is 15.5. The van der Waals surface area contributed by atoms with E-state index in [1.54, 1.807) is 0 Å². The van der Waals surface area contributed by atoms with Gasteiger partial charge >= 0.3 is 0 Å². The number of morpholine rings is 1. The molecule has 0 spiro atoms. The van der Waals surface area contributed by atoms with Gasteiger partial charge in [-0.1, -0.05) is 30.9 Å². The van der Waals surface area contributed by atoms with E-state index < -0.39 is 0 Å². The molecule has 0 bridgehead atoms. The molecule has 1 aliphatic heterocycles. The number of nitrogens with two attached hydrogens (primary N) is 1. The second-order valence-corrected chi connectivity index (χ2v) is 6.08. The van der Waals surface area contributed by atoms with Crippen molar-refractivity contribution in [1.82, 2.24) is 10.2 Å². The average molecular weight is 339 g/mol. The molecule has 0 amide bonds. The van der Waals surface area contributed by atoms with Gasteiger partial charge in [-0.25, -0.2) is 0 Å². The predicted octanol–water partition coefficient (Wildman–Crippen LogP) is 3.92. The Morgan fingerprint density at radius 1 is 1.20 bits per heavy atom. The van der Waals surface area contributed by atoms with Gasteiger partial charge in [-0.2, -0.15) is 0 Å². The molecule has 134 valence electrons. The Morgan fingerprint density at radius 3 is 2.40 bits per heavy atom. The van der Waals surface area contributed by atoms with Gasteiger partial charge in [0.25, 0.3) is 0 Å². The maximum absolute atomic E-state index is 5.80. The maximum atomic E-state index is 5.80. The number of benzene rings is 1. The summed E-state index contributed by atoms with van der Waals surface area (Å²) in [4.78, 5) is 2.37. The van der Waals surface area contributed by atoms with E-state index in [4.69, 9.17) is 10.5 Å². The predicted molar refractivity (Wildman–Crippen MR) is 107 cm³/mol. The van der Waals surface area contributed by atoms with Crippen molar-refractivity contribution in [3.8, 4) is 0 Å². The molecule has 4 nitrogen and oxygen atoms in total. The molecule has 0 aromatic heterocycles. The molecular formula is C21H29N3O. The third kappa shape index (κ3) is 5.00. The molecule has 0 radical (unpaired) electrons. The van der Waals surface area contributed by atoms with Crippen molar-refractivity contribution in [3.05, 3.63) is 71.6 Å². The highest BCUT2D eigenvalue weighted by molar-refractivity contribution is 5.67. The highest BCUT2D eigenvalue weighted by Crippen LogP contribution is 2.21. The SMILES string of the molecule is C=C/C=C(N/C(=C\C)c1ccc(N)cc1)\C(C)=C(/C)N1CCOCC1. The van der Waals surface area contributed by atoms with Gasteiger partial charge < -0.3 is 20.7 Å². The molecular weight excluding hydrogens is 310 g/mol. The first kappa shape index (κ1) is 18.9. The molecule has 3 N–H and O–H groups in total. The normalized spacial score (nSPS) is 17.2. The number of nitrogen functional groups attached to an aromatic ring is 1. The third-order valence-electron chi connectivity index (χ3n) is 4.50. The van der Waals surface area contributed by atoms with Crippen LogP contribution in [0.5, 0.6) is 0 Å². The van der Waals surface area contributed by atoms with Crippen LogP contribution >= 0.6 is 0 Å². The highest BCUT2D eigenvalue weighted by atomic mass is 16.5. The molecule has 0 aliphatic carbocycles. The van der Waals surface area contributed by atoms with Crippen LogP contribution in [0.15, 0.2) is 66.0 Å². The van der Waals surface area contributed by atoms with Crippen LogP contribution < -0.4 is 11.1 Å². The van der Waals surface area contributed by atoms with Gasteiger partial charge in [0.1, 0.15) is 0 Å². The van der Waals surface area contributed by atoms with Gasteiger partial charge in [0, 0.05) is 35.9 Å². The Labute approximate surface area is 151 Å². The highest BCUT2D eigenvalue weighted by Gasteiger charge is 2.15. The molecule has 1 heterocycles. The first-order valence-electron chi connectivity index (χ1n) is 8.69. The summed E-state index contributed by atoms with van der Waals surface area (Å²) in [6.45, 7) is 13.6. The number of allylic oxidation sites excluding steroid dienone is 5. The smallest absolute Gasteiger partial charge is 0.0642 e. The Morgan fingerprint density at radius 2 is 1.84 bits per heavy atom. The second kappa shape index (κ2) is 9.14. The summed E-state index contributed by atoms with van der Waals surface area (Å²) in [5, 5.41) is 3.55. The van der Waals surface area contributed by atoms with Crippen molar-refractivity contribution in [2.24, 2.45) is 0 Å². The molecule has 1 saturated heterocycles. The van der Waals surface area contributed by atoms with E-state index >= 15 is 0 Å². The summed E-state index contributed by atoms with van der Waals surface area (Å²) < 4.78 is 5.46. The molecule has 2 rings (SSSR count). The summed E-state index contributed by atoms with van der Waals surface area (Å²) in [5.74, 6) is 0. The molecule has 4 heteroatoms. The number of nitrogens with zero attached hydrogens (tertiary/aromatic N) is 1. The summed E-state index contributed by atoms with van der Waals surface area (Å²) in [5.41, 5.74) is 12.2. The lowest BCUT2D eigenvalue weighted by atomic mass is 10.1. The van der Waals surface area contributed by atoms with E-state index in [0.717, 1.165) is 48.9 Å². The quantitative estimate of drug-likeness (QED) is 0.609. The lowest BCUT2D eigenvalue weighted by molar-refractivity contribution is 0.0533. The van der Waals surface area contributed by atoms with Crippen LogP contribution in [0.1, 0.15) is 26.3 Å². The zero-order chi connectivity index (χ0) is 18.2. The van der Waals surface area contributed by atoms with E-state index in [1.165, 1.54) is 11.3 Å². The second-order valence-electron chi connectivity index (χ2n) is 6.08. The molecule has 1 fully saturated rings. The lowest BCUT2D eigenvalue weighted by Crippen LogP contribution is -2.35. The summed E-state index contributed by atoms with van der Waals surface area (Å²) in [6, 6.07) is 7.88. The Kier molecular flexibility index (Phi) is 6.90. The van der Waals surface area contributed by atoms with Crippen LogP contribution in [0.25, 0.3) is 5.70 Å². The molecule has 1 aromatic rings. The van der Waals surface area contributed by atoms with Crippen LogP contribution in [0.4, 0.5) is 5.69 Å². The average Bonchev–Trinajstić information content (AvgIpc) is 2.65. The van der Waals surface area contributed by atoms with Gasteiger partial charge in [0.2, 0.25) is 0 Å². The fourth-order valence-electron chi connectivity index (χ4n) is 2.83. The first-order chi connectivity index (χ1) is 12.1. The molecule has 0 unspecified atom stereocenters. The van der Waals surface area contributed by atoms with Crippen LogP contribution in [-0.2, 0) is 4.74 Å². The molecule has 0 saturated carbocycles. The number of nitrogens with one attached hydrogen (secondary N) is 1. The van der Waals surface area contributed by atoms with Crippen molar-refractivity contribution in [2.75, 3.05) is 32.0 Å². The maximum Gasteiger partial charge on any atom is 0.0642 e. The minimum atomic E-state index is 0.764. The van der Waals surface area contributed by atoms with Crippen LogP contribution in [-0.4, -0.2) is 31.2 Å². The zero-order valence-electron chi connectivity index (χ0n) is 15.5. The van der Waals surface area contributed by atoms with Gasteiger partial charge in [-0.3, -0.25) is 0 Å². The Balaban J connectivity index is 2.26. The monoisotopic (exact) mass is 339 g/mol. The van der Waals surface area contributed by atoms with E-state index in [9.17, 15) is 0 Å². The van der Waals surface area contributed by atoms with Crippen LogP contribution in [0.2, 0.25) is 0 Å². The topological polar surface area (TPSA) is 50.5 Å². The van der Waals surface area contributed by atoms with Crippen molar-refractivity contribution in [3.63, 3.8) is 0 Å². The number of ether oxygens (including phenoxy) is 1. The van der Waals surface area contributed by atoms with Gasteiger partial charge in [-0.05, 0) is 50.1 Å². The molecule has 1 aromatic carbocycles. The number of hydrogen-bond donors (Lipinski definition) is 2. The number of hydrogen-bond acceptors (Lipinski definition) is 4. The van der Waals surface area contributed by atoms with Crippen molar-refractivity contribution in [2.45, 2.75) is 20.8 Å². The summed E-state index contributed by atoms with van der Waals surface area (Å²) >= 11 is 0. The number of rotatable bonds is 6. The van der Waals surface area contributed by atoms with E-state index in [1.807, 2.05) is 43.3 Å². The first-order valence-corrected chi connectivity index (χ1v) is 8.69. The van der Waals surface area contributed by atoms with Crippen molar-refractivity contribution >= 4 is 11.4 Å². The molecule has 1 aliphatic rings. The lowest BCUT2D eigenvalue weighted by Gasteiger charge is -2.31. The minimum absolute atomic E-state index is 0.764. The third-order valence-corrected chi connectivity index (χ3v) is 4.50. The summed E-state index contributed by atoms with van der Waals surface area (Å²) in [6.07, 6.45) is 5.90. The fourth-order valence-corrected chi connectivity index (χ4v) is 2.83. The van der Waals surface area contributed by atoms with Gasteiger partial charge in [0.15, 0.2) is 0 Å². The van der Waals surface area contributed by atoms with Crippen LogP contribution in [0, 0.1) is 0 Å². The van der Waals surface area contributed by atoms with Crippen molar-refractivity contribution in [1.29, 1.82) is 0 Å². The molecule has 0 atom stereocenters. The Hall–Kier alpha value is -2.46. The number of anilines is 1. The van der Waals surface area contributed by atoms with E-state index in [0.29, 0.717) is 0 Å². The molecule has 25 heavy (non-hydrogen) atoms. The van der Waals surface area contributed by atoms with E-state index in [-0.39, 0.29) is 0 Å². The van der Waals surface area contributed by atoms with Gasteiger partial charge in [-0.15, -0.1) is 0 Å². The van der Waals surface area contributed by atoms with Gasteiger partial charge in [0.05, 0.1) is 13.2 Å². The van der Waals surface area contributed by atoms with E-state index in [2.05, 4.69) is 36.7 Å². The Bertz CT molecular complexity index is 678. The largest absolute Gasteiger partial charge is 0.399 e. The fraction of sp³-hybridized carbons (Fsp3) is 0.333. The van der Waals surface area contributed by atoms with Crippen molar-refractivity contribution < 1.29 is 4.74 Å². The summed E-state index contributed by atoms with van der Waals surface area (Å²) in [7, 11) is 0. The van der Waals surface area contributed by atoms with Crippen LogP contribution in [0.3, 0.4) is 0 Å². The standard InChI is InChI=1S/C21H29N3O/c1-5-7-21(16(3)17(4)24-12-14-25-15-13-24)23-20(6-2)18-8-10-19(22)11-9-18/h5-11,23H,1,12-15,22H2,2-4H3/b17-16+,20-6-,21-7+. The minimum Gasteiger partial charge on any atom is -0.399 e.